The maximum Gasteiger partial charge on any atom is 0.0735 e. The van der Waals surface area contributed by atoms with Crippen molar-refractivity contribution in [3.8, 4) is 0 Å². The molecule has 1 saturated heterocycles. The molecule has 0 amide bonds. The molecule has 0 saturated carbocycles. The molecular weight excluding hydrogens is 186 g/mol. The molecule has 1 fully saturated rings. The lowest BCUT2D eigenvalue weighted by molar-refractivity contribution is 0.0902. The molecule has 78 valence electrons. The molecule has 1 aliphatic heterocycles. The molecule has 3 nitrogen and oxygen atoms in total. The van der Waals surface area contributed by atoms with E-state index in [0.717, 1.165) is 19.4 Å². The van der Waals surface area contributed by atoms with Gasteiger partial charge in [0.25, 0.3) is 0 Å². The van der Waals surface area contributed by atoms with Gasteiger partial charge >= 0.3 is 0 Å². The van der Waals surface area contributed by atoms with Crippen molar-refractivity contribution in [1.82, 2.24) is 0 Å². The largest absolute Gasteiger partial charge is 0.380 e. The van der Waals surface area contributed by atoms with Crippen molar-refractivity contribution >= 4 is 10.8 Å². The van der Waals surface area contributed by atoms with E-state index in [1.54, 1.807) is 0 Å². The number of ether oxygens (including phenoxy) is 1. The van der Waals surface area contributed by atoms with Gasteiger partial charge in [0.2, 0.25) is 0 Å². The molecule has 4 atom stereocenters. The predicted molar refractivity (Wildman–Crippen MR) is 55.1 cm³/mol. The topological polar surface area (TPSA) is 52.3 Å². The van der Waals surface area contributed by atoms with Crippen molar-refractivity contribution in [2.75, 3.05) is 13.2 Å². The highest BCUT2D eigenvalue weighted by atomic mass is 32.2. The summed E-state index contributed by atoms with van der Waals surface area (Å²) in [7, 11) is -0.831. The third-order valence-electron chi connectivity index (χ3n) is 2.63. The van der Waals surface area contributed by atoms with E-state index in [2.05, 4.69) is 6.92 Å². The second kappa shape index (κ2) is 5.08. The van der Waals surface area contributed by atoms with Gasteiger partial charge in [0.15, 0.2) is 0 Å². The highest BCUT2D eigenvalue weighted by Gasteiger charge is 2.29. The molecule has 4 unspecified atom stereocenters. The smallest absolute Gasteiger partial charge is 0.0735 e. The number of nitrogens with two attached hydrogens (primary N) is 1. The van der Waals surface area contributed by atoms with E-state index >= 15 is 0 Å². The lowest BCUT2D eigenvalue weighted by Gasteiger charge is -2.29. The Hall–Kier alpha value is 0.0700. The molecular formula is C9H19NO2S. The molecule has 2 N–H and O–H groups in total. The van der Waals surface area contributed by atoms with Crippen LogP contribution in [0.3, 0.4) is 0 Å². The third kappa shape index (κ3) is 2.76. The first-order chi connectivity index (χ1) is 6.16. The summed E-state index contributed by atoms with van der Waals surface area (Å²) in [6, 6.07) is 0.0589. The Kier molecular flexibility index (Phi) is 4.35. The van der Waals surface area contributed by atoms with Gasteiger partial charge in [-0.1, -0.05) is 13.8 Å². The summed E-state index contributed by atoms with van der Waals surface area (Å²) in [5, 5.41) is 0.279. The monoisotopic (exact) mass is 205 g/mol. The van der Waals surface area contributed by atoms with Gasteiger partial charge in [0.1, 0.15) is 0 Å². The van der Waals surface area contributed by atoms with Crippen LogP contribution in [0.4, 0.5) is 0 Å². The SMILES string of the molecule is CCC(C)S(=O)C1COCCC1N. The fourth-order valence-electron chi connectivity index (χ4n) is 1.43. The third-order valence-corrected chi connectivity index (χ3v) is 4.83. The summed E-state index contributed by atoms with van der Waals surface area (Å²) in [4.78, 5) is 0. The average molecular weight is 205 g/mol. The standard InChI is InChI=1S/C9H19NO2S/c1-3-7(2)13(11)9-6-12-5-4-8(9)10/h7-9H,3-6,10H2,1-2H3. The minimum Gasteiger partial charge on any atom is -0.380 e. The molecule has 0 aromatic carbocycles. The van der Waals surface area contributed by atoms with E-state index in [-0.39, 0.29) is 16.5 Å². The van der Waals surface area contributed by atoms with E-state index in [1.807, 2.05) is 6.92 Å². The summed E-state index contributed by atoms with van der Waals surface area (Å²) < 4.78 is 17.2. The molecule has 0 bridgehead atoms. The van der Waals surface area contributed by atoms with Crippen molar-refractivity contribution in [2.24, 2.45) is 5.73 Å². The van der Waals surface area contributed by atoms with Crippen LogP contribution in [0.25, 0.3) is 0 Å². The van der Waals surface area contributed by atoms with Gasteiger partial charge in [-0.05, 0) is 12.8 Å². The maximum absolute atomic E-state index is 11.9. The first kappa shape index (κ1) is 11.1. The summed E-state index contributed by atoms with van der Waals surface area (Å²) in [5.41, 5.74) is 5.90. The van der Waals surface area contributed by atoms with Crippen LogP contribution in [0.15, 0.2) is 0 Å². The molecule has 0 radical (unpaired) electrons. The Bertz CT molecular complexity index is 186. The highest BCUT2D eigenvalue weighted by molar-refractivity contribution is 7.86. The van der Waals surface area contributed by atoms with Crippen LogP contribution >= 0.6 is 0 Å². The summed E-state index contributed by atoms with van der Waals surface area (Å²) in [6.45, 7) is 5.35. The number of hydrogen-bond acceptors (Lipinski definition) is 3. The molecule has 0 aromatic rings. The Morgan fingerprint density at radius 2 is 2.38 bits per heavy atom. The highest BCUT2D eigenvalue weighted by Crippen LogP contribution is 2.16. The fourth-order valence-corrected chi connectivity index (χ4v) is 3.07. The van der Waals surface area contributed by atoms with Gasteiger partial charge in [-0.15, -0.1) is 0 Å². The van der Waals surface area contributed by atoms with E-state index in [4.69, 9.17) is 10.5 Å². The Balaban J connectivity index is 2.53. The lowest BCUT2D eigenvalue weighted by Crippen LogP contribution is -2.47. The van der Waals surface area contributed by atoms with Gasteiger partial charge in [0.05, 0.1) is 11.9 Å². The van der Waals surface area contributed by atoms with E-state index < -0.39 is 10.8 Å². The Labute approximate surface area is 82.5 Å². The normalized spacial score (nSPS) is 34.1. The quantitative estimate of drug-likeness (QED) is 0.736. The molecule has 0 aromatic heterocycles. The summed E-state index contributed by atoms with van der Waals surface area (Å²) in [6.07, 6.45) is 1.78. The zero-order chi connectivity index (χ0) is 9.84. The second-order valence-electron chi connectivity index (χ2n) is 3.61. The molecule has 0 aliphatic carbocycles. The molecule has 1 rings (SSSR count). The van der Waals surface area contributed by atoms with Gasteiger partial charge < -0.3 is 10.5 Å². The second-order valence-corrected chi connectivity index (χ2v) is 5.68. The van der Waals surface area contributed by atoms with Crippen molar-refractivity contribution in [3.05, 3.63) is 0 Å². The van der Waals surface area contributed by atoms with Crippen molar-refractivity contribution in [3.63, 3.8) is 0 Å². The summed E-state index contributed by atoms with van der Waals surface area (Å²) >= 11 is 0. The molecule has 13 heavy (non-hydrogen) atoms. The van der Waals surface area contributed by atoms with E-state index in [0.29, 0.717) is 6.61 Å². The number of hydrogen-bond donors (Lipinski definition) is 1. The van der Waals surface area contributed by atoms with Gasteiger partial charge in [-0.3, -0.25) is 4.21 Å². The minimum absolute atomic E-state index is 0.0451. The van der Waals surface area contributed by atoms with Crippen molar-refractivity contribution < 1.29 is 8.95 Å². The fraction of sp³-hybridized carbons (Fsp3) is 1.00. The summed E-state index contributed by atoms with van der Waals surface area (Å²) in [5.74, 6) is 0. The Morgan fingerprint density at radius 1 is 1.69 bits per heavy atom. The molecule has 1 heterocycles. The van der Waals surface area contributed by atoms with Crippen LogP contribution in [0.5, 0.6) is 0 Å². The number of rotatable bonds is 3. The van der Waals surface area contributed by atoms with Crippen LogP contribution in [0.1, 0.15) is 26.7 Å². The van der Waals surface area contributed by atoms with Crippen LogP contribution in [-0.2, 0) is 15.5 Å². The molecule has 1 aliphatic rings. The van der Waals surface area contributed by atoms with Crippen LogP contribution in [0.2, 0.25) is 0 Å². The van der Waals surface area contributed by atoms with Gasteiger partial charge in [-0.2, -0.15) is 0 Å². The van der Waals surface area contributed by atoms with Gasteiger partial charge in [0, 0.05) is 28.7 Å². The Morgan fingerprint density at radius 3 is 2.92 bits per heavy atom. The lowest BCUT2D eigenvalue weighted by atomic mass is 10.1. The average Bonchev–Trinajstić information content (AvgIpc) is 2.16. The van der Waals surface area contributed by atoms with Crippen LogP contribution in [-0.4, -0.2) is 34.0 Å². The predicted octanol–water partition coefficient (Wildman–Crippen LogP) is 0.650. The maximum atomic E-state index is 11.9. The zero-order valence-electron chi connectivity index (χ0n) is 8.36. The van der Waals surface area contributed by atoms with Gasteiger partial charge in [-0.25, -0.2) is 0 Å². The van der Waals surface area contributed by atoms with E-state index in [9.17, 15) is 4.21 Å². The van der Waals surface area contributed by atoms with Crippen LogP contribution in [0, 0.1) is 0 Å². The zero-order valence-corrected chi connectivity index (χ0v) is 9.18. The van der Waals surface area contributed by atoms with Crippen molar-refractivity contribution in [2.45, 2.75) is 43.2 Å². The molecule has 4 heteroatoms. The minimum atomic E-state index is -0.831. The van der Waals surface area contributed by atoms with Crippen LogP contribution < -0.4 is 5.73 Å². The molecule has 0 spiro atoms. The first-order valence-corrected chi connectivity index (χ1v) is 6.17. The van der Waals surface area contributed by atoms with E-state index in [1.165, 1.54) is 0 Å². The van der Waals surface area contributed by atoms with Crippen molar-refractivity contribution in [1.29, 1.82) is 0 Å². The first-order valence-electron chi connectivity index (χ1n) is 4.89.